The highest BCUT2D eigenvalue weighted by Gasteiger charge is 2.30. The second-order valence-corrected chi connectivity index (χ2v) is 7.00. The molecule has 8 heteroatoms. The second-order valence-electron chi connectivity index (χ2n) is 4.80. The summed E-state index contributed by atoms with van der Waals surface area (Å²) in [5.74, 6) is -1.13. The highest BCUT2D eigenvalue weighted by Crippen LogP contribution is 2.28. The van der Waals surface area contributed by atoms with Gasteiger partial charge in [-0.05, 0) is 32.3 Å². The maximum atomic E-state index is 12.4. The fraction of sp³-hybridized carbons (Fsp3) is 0.500. The van der Waals surface area contributed by atoms with Crippen molar-refractivity contribution >= 4 is 28.0 Å². The summed E-state index contributed by atoms with van der Waals surface area (Å²) in [7, 11) is -3.60. The number of hydrogen-bond donors (Lipinski definition) is 2. The standard InChI is InChI=1S/C12H17N3O4S/c1-3-7(2)20(18,19)15-10-5-4-8(11(16)17)6-9(10)14-12(15)13/h6-7H,3-5H2,1-2H3,(H2,13,14)(H,16,17). The molecule has 0 amide bonds. The quantitative estimate of drug-likeness (QED) is 0.851. The fourth-order valence-electron chi connectivity index (χ4n) is 2.15. The highest BCUT2D eigenvalue weighted by atomic mass is 32.2. The van der Waals surface area contributed by atoms with Crippen LogP contribution in [0.25, 0.3) is 6.08 Å². The molecule has 1 heterocycles. The summed E-state index contributed by atoms with van der Waals surface area (Å²) < 4.78 is 25.9. The summed E-state index contributed by atoms with van der Waals surface area (Å²) in [4.78, 5) is 14.9. The Morgan fingerprint density at radius 2 is 2.20 bits per heavy atom. The van der Waals surface area contributed by atoms with Gasteiger partial charge in [-0.3, -0.25) is 0 Å². The molecule has 0 saturated heterocycles. The van der Waals surface area contributed by atoms with Gasteiger partial charge in [0.15, 0.2) is 0 Å². The van der Waals surface area contributed by atoms with Gasteiger partial charge >= 0.3 is 5.97 Å². The van der Waals surface area contributed by atoms with E-state index in [1.807, 2.05) is 0 Å². The highest BCUT2D eigenvalue weighted by molar-refractivity contribution is 7.90. The van der Waals surface area contributed by atoms with Crippen LogP contribution in [0.1, 0.15) is 38.1 Å². The molecule has 2 rings (SSSR count). The zero-order valence-electron chi connectivity index (χ0n) is 11.3. The molecular formula is C12H17N3O4S. The van der Waals surface area contributed by atoms with Crippen molar-refractivity contribution in [2.45, 2.75) is 38.4 Å². The number of nitrogens with zero attached hydrogens (tertiary/aromatic N) is 2. The molecule has 0 saturated carbocycles. The number of aromatic nitrogens is 2. The third kappa shape index (κ3) is 2.20. The summed E-state index contributed by atoms with van der Waals surface area (Å²) in [6, 6.07) is 0. The number of carboxylic acids is 1. The molecule has 7 nitrogen and oxygen atoms in total. The van der Waals surface area contributed by atoms with Crippen molar-refractivity contribution in [2.75, 3.05) is 5.73 Å². The lowest BCUT2D eigenvalue weighted by Gasteiger charge is -2.17. The largest absolute Gasteiger partial charge is 0.478 e. The third-order valence-corrected chi connectivity index (χ3v) is 5.81. The number of aliphatic carboxylic acids is 1. The Labute approximate surface area is 117 Å². The Hall–Kier alpha value is -1.83. The number of fused-ring (bicyclic) bond motifs is 1. The molecule has 20 heavy (non-hydrogen) atoms. The molecule has 0 bridgehead atoms. The molecule has 1 aromatic rings. The van der Waals surface area contributed by atoms with Crippen LogP contribution in [0, 0.1) is 0 Å². The summed E-state index contributed by atoms with van der Waals surface area (Å²) in [5.41, 5.74) is 6.73. The number of carboxylic acid groups (broad SMARTS) is 1. The SMILES string of the molecule is CCC(C)S(=O)(=O)n1c(N)nc2c1CCC(C(=O)O)=C2. The van der Waals surface area contributed by atoms with Crippen LogP contribution < -0.4 is 5.73 Å². The Morgan fingerprint density at radius 1 is 1.55 bits per heavy atom. The molecule has 1 aliphatic rings. The number of anilines is 1. The Bertz CT molecular complexity index is 688. The average molecular weight is 299 g/mol. The Kier molecular flexibility index (Phi) is 3.59. The normalized spacial score (nSPS) is 16.4. The van der Waals surface area contributed by atoms with E-state index in [9.17, 15) is 13.2 Å². The number of carbonyl (C=O) groups is 1. The Morgan fingerprint density at radius 3 is 2.75 bits per heavy atom. The average Bonchev–Trinajstić information content (AvgIpc) is 2.72. The molecule has 1 aromatic heterocycles. The first-order valence-electron chi connectivity index (χ1n) is 6.34. The van der Waals surface area contributed by atoms with Gasteiger partial charge in [-0.1, -0.05) is 6.92 Å². The topological polar surface area (TPSA) is 115 Å². The first-order chi connectivity index (χ1) is 9.28. The molecule has 110 valence electrons. The summed E-state index contributed by atoms with van der Waals surface area (Å²) in [6.45, 7) is 3.40. The zero-order chi connectivity index (χ0) is 15.1. The van der Waals surface area contributed by atoms with Crippen molar-refractivity contribution in [1.82, 2.24) is 8.96 Å². The summed E-state index contributed by atoms with van der Waals surface area (Å²) in [5, 5.41) is 8.40. The van der Waals surface area contributed by atoms with E-state index in [-0.39, 0.29) is 17.9 Å². The van der Waals surface area contributed by atoms with Crippen LogP contribution in [0.5, 0.6) is 0 Å². The van der Waals surface area contributed by atoms with E-state index in [2.05, 4.69) is 4.98 Å². The number of nitrogen functional groups attached to an aromatic ring is 1. The summed E-state index contributed by atoms with van der Waals surface area (Å²) in [6.07, 6.45) is 2.42. The maximum Gasteiger partial charge on any atom is 0.331 e. The molecule has 0 fully saturated rings. The Balaban J connectivity index is 2.59. The molecular weight excluding hydrogens is 282 g/mol. The fourth-order valence-corrected chi connectivity index (χ4v) is 3.73. The zero-order valence-corrected chi connectivity index (χ0v) is 12.1. The van der Waals surface area contributed by atoms with Crippen LogP contribution in [-0.4, -0.2) is 33.7 Å². The molecule has 0 aliphatic heterocycles. The lowest BCUT2D eigenvalue weighted by molar-refractivity contribution is -0.132. The monoisotopic (exact) mass is 299 g/mol. The van der Waals surface area contributed by atoms with E-state index in [0.29, 0.717) is 24.2 Å². The van der Waals surface area contributed by atoms with Crippen molar-refractivity contribution in [1.29, 1.82) is 0 Å². The third-order valence-electron chi connectivity index (χ3n) is 3.54. The van der Waals surface area contributed by atoms with Crippen molar-refractivity contribution < 1.29 is 18.3 Å². The molecule has 1 atom stereocenters. The molecule has 1 aliphatic carbocycles. The molecule has 0 aromatic carbocycles. The lowest BCUT2D eigenvalue weighted by atomic mass is 10.0. The number of hydrogen-bond acceptors (Lipinski definition) is 5. The second kappa shape index (κ2) is 4.93. The van der Waals surface area contributed by atoms with E-state index in [0.717, 1.165) is 3.97 Å². The summed E-state index contributed by atoms with van der Waals surface area (Å²) >= 11 is 0. The molecule has 0 radical (unpaired) electrons. The number of imidazole rings is 1. The van der Waals surface area contributed by atoms with Crippen molar-refractivity contribution in [3.63, 3.8) is 0 Å². The van der Waals surface area contributed by atoms with E-state index in [4.69, 9.17) is 10.8 Å². The van der Waals surface area contributed by atoms with E-state index in [1.54, 1.807) is 13.8 Å². The maximum absolute atomic E-state index is 12.4. The molecule has 3 N–H and O–H groups in total. The van der Waals surface area contributed by atoms with E-state index < -0.39 is 21.2 Å². The van der Waals surface area contributed by atoms with Gasteiger partial charge in [-0.15, -0.1) is 0 Å². The lowest BCUT2D eigenvalue weighted by Crippen LogP contribution is -2.27. The number of nitrogens with two attached hydrogens (primary N) is 1. The van der Waals surface area contributed by atoms with E-state index in [1.165, 1.54) is 6.08 Å². The molecule has 0 spiro atoms. The van der Waals surface area contributed by atoms with E-state index >= 15 is 0 Å². The van der Waals surface area contributed by atoms with Gasteiger partial charge in [0.1, 0.15) is 0 Å². The molecule has 1 unspecified atom stereocenters. The van der Waals surface area contributed by atoms with Gasteiger partial charge in [-0.2, -0.15) is 0 Å². The van der Waals surface area contributed by atoms with Gasteiger partial charge in [0.2, 0.25) is 16.0 Å². The van der Waals surface area contributed by atoms with Crippen LogP contribution in [0.4, 0.5) is 5.95 Å². The van der Waals surface area contributed by atoms with Crippen LogP contribution in [-0.2, 0) is 21.2 Å². The smallest absolute Gasteiger partial charge is 0.331 e. The minimum Gasteiger partial charge on any atom is -0.478 e. The minimum absolute atomic E-state index is 0.113. The predicted molar refractivity (Wildman–Crippen MR) is 74.6 cm³/mol. The first-order valence-corrected chi connectivity index (χ1v) is 7.84. The van der Waals surface area contributed by atoms with Gasteiger partial charge < -0.3 is 10.8 Å². The van der Waals surface area contributed by atoms with Crippen LogP contribution in [0.2, 0.25) is 0 Å². The van der Waals surface area contributed by atoms with Gasteiger partial charge in [0.25, 0.3) is 0 Å². The van der Waals surface area contributed by atoms with Gasteiger partial charge in [0, 0.05) is 5.57 Å². The van der Waals surface area contributed by atoms with Crippen LogP contribution in [0.15, 0.2) is 5.57 Å². The van der Waals surface area contributed by atoms with Crippen LogP contribution >= 0.6 is 0 Å². The van der Waals surface area contributed by atoms with Gasteiger partial charge in [0.05, 0.1) is 16.6 Å². The number of rotatable bonds is 4. The van der Waals surface area contributed by atoms with Crippen LogP contribution in [0.3, 0.4) is 0 Å². The van der Waals surface area contributed by atoms with Crippen molar-refractivity contribution in [3.05, 3.63) is 17.0 Å². The van der Waals surface area contributed by atoms with Crippen molar-refractivity contribution in [3.8, 4) is 0 Å². The predicted octanol–water partition coefficient (Wildman–Crippen LogP) is 0.856. The van der Waals surface area contributed by atoms with Crippen molar-refractivity contribution in [2.24, 2.45) is 0 Å². The van der Waals surface area contributed by atoms with Gasteiger partial charge in [-0.25, -0.2) is 22.2 Å². The first kappa shape index (κ1) is 14.6. The minimum atomic E-state index is -3.60.